The molecule has 2 aliphatic heterocycles. The Morgan fingerprint density at radius 2 is 1.79 bits per heavy atom. The molecule has 2 N–H and O–H groups in total. The number of benzene rings is 2. The molecule has 0 spiro atoms. The van der Waals surface area contributed by atoms with Crippen molar-refractivity contribution in [3.8, 4) is 0 Å². The van der Waals surface area contributed by atoms with E-state index in [1.54, 1.807) is 4.90 Å². The molecule has 0 amide bonds. The Morgan fingerprint density at radius 1 is 1.09 bits per heavy atom. The molecule has 2 aliphatic rings. The minimum atomic E-state index is -2.07. The second-order valence-electron chi connectivity index (χ2n) is 8.88. The first-order valence-corrected chi connectivity index (χ1v) is 12.0. The number of quaternary nitrogens is 1. The lowest BCUT2D eigenvalue weighted by Crippen LogP contribution is -3.10. The highest BCUT2D eigenvalue weighted by molar-refractivity contribution is 6.26. The van der Waals surface area contributed by atoms with E-state index in [9.17, 15) is 4.79 Å². The molecule has 0 aliphatic carbocycles. The fraction of sp³-hybridized carbons (Fsp3) is 0.500. The van der Waals surface area contributed by atoms with E-state index in [2.05, 4.69) is 42.5 Å². The standard InChI is InChI=1S/C24H31NO3.C2H2O4/c26-24(28-16-14-25-12-3-4-13-25)21(18-22-10-6-15-27-22)17-20-9-5-8-19-7-1-2-11-23(19)20;3-1(4)2(5)6/h1-2,5,7-9,11,21-22H,3-4,6,10,12-18H2;(H,3,4)(H,5,6). The molecule has 2 saturated heterocycles. The van der Waals surface area contributed by atoms with Gasteiger partial charge in [0.15, 0.2) is 5.97 Å². The molecular formula is C26H33NO7. The van der Waals surface area contributed by atoms with Gasteiger partial charge in [-0.1, -0.05) is 42.5 Å². The van der Waals surface area contributed by atoms with Gasteiger partial charge in [-0.2, -0.15) is 0 Å². The van der Waals surface area contributed by atoms with E-state index >= 15 is 0 Å². The average molecular weight is 472 g/mol. The second-order valence-corrected chi connectivity index (χ2v) is 8.88. The first-order chi connectivity index (χ1) is 16.4. The van der Waals surface area contributed by atoms with Crippen LogP contribution in [0.4, 0.5) is 0 Å². The number of likely N-dealkylation sites (tertiary alicyclic amines) is 1. The van der Waals surface area contributed by atoms with Gasteiger partial charge < -0.3 is 29.4 Å². The van der Waals surface area contributed by atoms with Gasteiger partial charge in [0.1, 0.15) is 13.2 Å². The summed E-state index contributed by atoms with van der Waals surface area (Å²) in [5.41, 5.74) is 1.23. The molecule has 2 atom stereocenters. The quantitative estimate of drug-likeness (QED) is 0.428. The van der Waals surface area contributed by atoms with Gasteiger partial charge in [0.25, 0.3) is 0 Å². The maximum absolute atomic E-state index is 13.0. The van der Waals surface area contributed by atoms with Crippen LogP contribution in [0.5, 0.6) is 0 Å². The minimum Gasteiger partial charge on any atom is -0.539 e. The number of ether oxygens (including phenoxy) is 2. The number of fused-ring (bicyclic) bond motifs is 1. The number of carboxylic acid groups (broad SMARTS) is 2. The van der Waals surface area contributed by atoms with Crippen LogP contribution >= 0.6 is 0 Å². The summed E-state index contributed by atoms with van der Waals surface area (Å²) in [7, 11) is 0. The number of hydrogen-bond acceptors (Lipinski definition) is 6. The molecule has 2 fully saturated rings. The van der Waals surface area contributed by atoms with Crippen molar-refractivity contribution in [2.75, 3.05) is 32.8 Å². The molecule has 34 heavy (non-hydrogen) atoms. The van der Waals surface area contributed by atoms with Crippen molar-refractivity contribution < 1.29 is 39.0 Å². The summed E-state index contributed by atoms with van der Waals surface area (Å²) in [5.74, 6) is -4.20. The van der Waals surface area contributed by atoms with Crippen LogP contribution in [-0.4, -0.2) is 62.0 Å². The normalized spacial score (nSPS) is 18.8. The smallest absolute Gasteiger partial charge is 0.351 e. The zero-order valence-corrected chi connectivity index (χ0v) is 19.4. The minimum absolute atomic E-state index is 0.0537. The summed E-state index contributed by atoms with van der Waals surface area (Å²) in [5, 5.41) is 18.8. The largest absolute Gasteiger partial charge is 0.539 e. The number of hydrogen-bond donors (Lipinski definition) is 2. The van der Waals surface area contributed by atoms with Crippen molar-refractivity contribution in [1.82, 2.24) is 0 Å². The van der Waals surface area contributed by atoms with Crippen molar-refractivity contribution in [1.29, 1.82) is 0 Å². The Labute approximate surface area is 199 Å². The lowest BCUT2D eigenvalue weighted by atomic mass is 9.90. The topological polar surface area (TPSA) is 117 Å². The SMILES string of the molecule is O=C(OCC[NH+]1CCCC1)C(Cc1cccc2ccccc12)CC1CCCO1.O=C([O-])C(=O)O. The lowest BCUT2D eigenvalue weighted by Gasteiger charge is -2.21. The number of aliphatic carboxylic acids is 2. The van der Waals surface area contributed by atoms with Crippen molar-refractivity contribution in [2.45, 2.75) is 44.6 Å². The van der Waals surface area contributed by atoms with Crippen LogP contribution in [0, 0.1) is 5.92 Å². The Balaban J connectivity index is 0.000000481. The van der Waals surface area contributed by atoms with Crippen LogP contribution in [0.25, 0.3) is 10.8 Å². The number of carboxylic acids is 2. The number of nitrogens with one attached hydrogen (secondary N) is 1. The van der Waals surface area contributed by atoms with E-state index in [0.717, 1.165) is 38.8 Å². The average Bonchev–Trinajstić information content (AvgIpc) is 3.54. The van der Waals surface area contributed by atoms with Gasteiger partial charge in [0, 0.05) is 19.4 Å². The van der Waals surface area contributed by atoms with Crippen molar-refractivity contribution in [2.24, 2.45) is 5.92 Å². The number of carbonyl (C=O) groups excluding carboxylic acids is 2. The van der Waals surface area contributed by atoms with Crippen LogP contribution in [0.3, 0.4) is 0 Å². The highest BCUT2D eigenvalue weighted by atomic mass is 16.5. The van der Waals surface area contributed by atoms with E-state index in [0.29, 0.717) is 6.61 Å². The van der Waals surface area contributed by atoms with Gasteiger partial charge in [0.05, 0.1) is 25.1 Å². The Hall–Kier alpha value is -2.97. The molecule has 2 aromatic carbocycles. The molecule has 2 unspecified atom stereocenters. The maximum atomic E-state index is 13.0. The zero-order chi connectivity index (χ0) is 24.3. The third kappa shape index (κ3) is 7.81. The third-order valence-electron chi connectivity index (χ3n) is 6.44. The predicted octanol–water partition coefficient (Wildman–Crippen LogP) is 0.610. The van der Waals surface area contributed by atoms with E-state index in [1.807, 2.05) is 0 Å². The Kier molecular flexibility index (Phi) is 9.85. The summed E-state index contributed by atoms with van der Waals surface area (Å²) in [4.78, 5) is 32.6. The Bertz CT molecular complexity index is 947. The monoisotopic (exact) mass is 471 g/mol. The van der Waals surface area contributed by atoms with Gasteiger partial charge >= 0.3 is 11.9 Å². The second kappa shape index (κ2) is 13.1. The summed E-state index contributed by atoms with van der Waals surface area (Å²) in [6, 6.07) is 14.8. The van der Waals surface area contributed by atoms with E-state index in [-0.39, 0.29) is 18.0 Å². The molecule has 4 rings (SSSR count). The summed E-state index contributed by atoms with van der Waals surface area (Å²) in [6.45, 7) is 4.72. The van der Waals surface area contributed by atoms with Crippen LogP contribution in [0.1, 0.15) is 37.7 Å². The summed E-state index contributed by atoms with van der Waals surface area (Å²) in [6.07, 6.45) is 6.42. The van der Waals surface area contributed by atoms with Gasteiger partial charge in [-0.15, -0.1) is 0 Å². The van der Waals surface area contributed by atoms with Gasteiger partial charge in [-0.05, 0) is 42.0 Å². The fourth-order valence-electron chi connectivity index (χ4n) is 4.69. The highest BCUT2D eigenvalue weighted by Gasteiger charge is 2.28. The molecule has 8 nitrogen and oxygen atoms in total. The lowest BCUT2D eigenvalue weighted by molar-refractivity contribution is -0.887. The molecule has 8 heteroatoms. The zero-order valence-electron chi connectivity index (χ0n) is 19.4. The summed E-state index contributed by atoms with van der Waals surface area (Å²) < 4.78 is 11.6. The molecule has 0 saturated carbocycles. The first-order valence-electron chi connectivity index (χ1n) is 12.0. The van der Waals surface area contributed by atoms with Crippen molar-refractivity contribution >= 4 is 28.7 Å². The van der Waals surface area contributed by atoms with Crippen molar-refractivity contribution in [3.05, 3.63) is 48.0 Å². The fourth-order valence-corrected chi connectivity index (χ4v) is 4.69. The molecule has 0 aromatic heterocycles. The molecule has 184 valence electrons. The summed E-state index contributed by atoms with van der Waals surface area (Å²) >= 11 is 0. The van der Waals surface area contributed by atoms with Crippen LogP contribution in [0.2, 0.25) is 0 Å². The van der Waals surface area contributed by atoms with E-state index < -0.39 is 11.9 Å². The maximum Gasteiger partial charge on any atom is 0.351 e. The molecule has 2 aromatic rings. The number of esters is 1. The van der Waals surface area contributed by atoms with E-state index in [1.165, 1.54) is 42.3 Å². The predicted molar refractivity (Wildman–Crippen MR) is 123 cm³/mol. The Morgan fingerprint density at radius 3 is 2.47 bits per heavy atom. The van der Waals surface area contributed by atoms with E-state index in [4.69, 9.17) is 29.3 Å². The van der Waals surface area contributed by atoms with Gasteiger partial charge in [-0.3, -0.25) is 4.79 Å². The van der Waals surface area contributed by atoms with Gasteiger partial charge in [0.2, 0.25) is 0 Å². The molecule has 2 heterocycles. The molecular weight excluding hydrogens is 438 g/mol. The van der Waals surface area contributed by atoms with Crippen LogP contribution < -0.4 is 10.0 Å². The van der Waals surface area contributed by atoms with Gasteiger partial charge in [-0.25, -0.2) is 4.79 Å². The van der Waals surface area contributed by atoms with Crippen LogP contribution in [0.15, 0.2) is 42.5 Å². The number of carbonyl (C=O) groups is 3. The van der Waals surface area contributed by atoms with Crippen molar-refractivity contribution in [3.63, 3.8) is 0 Å². The number of rotatable bonds is 8. The first kappa shape index (κ1) is 25.6. The third-order valence-corrected chi connectivity index (χ3v) is 6.44. The molecule has 0 bridgehead atoms. The molecule has 0 radical (unpaired) electrons. The highest BCUT2D eigenvalue weighted by Crippen LogP contribution is 2.27. The van der Waals surface area contributed by atoms with Crippen LogP contribution in [-0.2, 0) is 30.3 Å².